The number of hydrogen-bond donors (Lipinski definition) is 1. The van der Waals surface area contributed by atoms with Crippen LogP contribution in [0, 0.1) is 0 Å². The molecular weight excluding hydrogens is 248 g/mol. The van der Waals surface area contributed by atoms with Crippen LogP contribution in [-0.2, 0) is 0 Å². The summed E-state index contributed by atoms with van der Waals surface area (Å²) in [5.74, 6) is 1.45. The largest absolute Gasteiger partial charge is 0.339 e. The molecule has 5 nitrogen and oxygen atoms in total. The topological polar surface area (TPSA) is 77.8 Å². The molecule has 1 aliphatic rings. The van der Waals surface area contributed by atoms with Crippen molar-refractivity contribution < 1.29 is 4.52 Å². The first kappa shape index (κ1) is 11.8. The van der Waals surface area contributed by atoms with Gasteiger partial charge in [0.05, 0.1) is 11.4 Å². The van der Waals surface area contributed by atoms with E-state index in [4.69, 9.17) is 10.3 Å². The number of rotatable bonds is 2. The summed E-state index contributed by atoms with van der Waals surface area (Å²) in [6.45, 7) is 0. The van der Waals surface area contributed by atoms with Gasteiger partial charge in [-0.2, -0.15) is 4.98 Å². The Kier molecular flexibility index (Phi) is 3.38. The molecule has 2 unspecified atom stereocenters. The van der Waals surface area contributed by atoms with Gasteiger partial charge in [-0.15, -0.1) is 11.3 Å². The molecule has 2 atom stereocenters. The predicted molar refractivity (Wildman–Crippen MR) is 69.2 cm³/mol. The van der Waals surface area contributed by atoms with Gasteiger partial charge in [-0.25, -0.2) is 4.98 Å². The molecule has 0 bridgehead atoms. The van der Waals surface area contributed by atoms with E-state index in [1.165, 1.54) is 30.6 Å². The van der Waals surface area contributed by atoms with E-state index in [1.54, 1.807) is 5.51 Å². The summed E-state index contributed by atoms with van der Waals surface area (Å²) in [7, 11) is 0. The molecule has 0 aromatic carbocycles. The minimum absolute atomic E-state index is 0.135. The zero-order valence-corrected chi connectivity index (χ0v) is 10.9. The van der Waals surface area contributed by atoms with Crippen molar-refractivity contribution in [2.45, 2.75) is 44.1 Å². The van der Waals surface area contributed by atoms with E-state index in [2.05, 4.69) is 15.1 Å². The van der Waals surface area contributed by atoms with E-state index in [1.807, 2.05) is 5.38 Å². The minimum Gasteiger partial charge on any atom is -0.339 e. The van der Waals surface area contributed by atoms with Crippen molar-refractivity contribution in [3.8, 4) is 11.5 Å². The summed E-state index contributed by atoms with van der Waals surface area (Å²) in [6.07, 6.45) is 5.72. The number of thiazole rings is 1. The minimum atomic E-state index is 0.135. The lowest BCUT2D eigenvalue weighted by molar-refractivity contribution is 0.326. The van der Waals surface area contributed by atoms with Crippen molar-refractivity contribution in [1.29, 1.82) is 0 Å². The summed E-state index contributed by atoms with van der Waals surface area (Å²) in [4.78, 5) is 8.64. The summed E-state index contributed by atoms with van der Waals surface area (Å²) in [6, 6.07) is 0.135. The molecule has 2 heterocycles. The van der Waals surface area contributed by atoms with Gasteiger partial charge in [-0.3, -0.25) is 0 Å². The molecule has 1 saturated carbocycles. The van der Waals surface area contributed by atoms with Gasteiger partial charge in [0.1, 0.15) is 5.69 Å². The van der Waals surface area contributed by atoms with Crippen LogP contribution in [0.25, 0.3) is 11.5 Å². The van der Waals surface area contributed by atoms with Crippen molar-refractivity contribution in [1.82, 2.24) is 15.1 Å². The van der Waals surface area contributed by atoms with Gasteiger partial charge < -0.3 is 10.3 Å². The second-order valence-corrected chi connectivity index (χ2v) is 5.46. The van der Waals surface area contributed by atoms with E-state index in [9.17, 15) is 0 Å². The Morgan fingerprint density at radius 3 is 3.00 bits per heavy atom. The van der Waals surface area contributed by atoms with Crippen molar-refractivity contribution in [2.24, 2.45) is 5.73 Å². The quantitative estimate of drug-likeness (QED) is 0.843. The van der Waals surface area contributed by atoms with Gasteiger partial charge >= 0.3 is 0 Å². The van der Waals surface area contributed by atoms with E-state index in [-0.39, 0.29) is 12.0 Å². The molecule has 0 saturated heterocycles. The molecule has 0 spiro atoms. The Balaban J connectivity index is 1.83. The van der Waals surface area contributed by atoms with Gasteiger partial charge in [-0.1, -0.05) is 24.4 Å². The van der Waals surface area contributed by atoms with Crippen molar-refractivity contribution >= 4 is 11.3 Å². The maximum absolute atomic E-state index is 6.20. The third kappa shape index (κ3) is 2.30. The van der Waals surface area contributed by atoms with Crippen LogP contribution in [0.2, 0.25) is 0 Å². The molecule has 96 valence electrons. The lowest BCUT2D eigenvalue weighted by Gasteiger charge is -2.16. The maximum Gasteiger partial charge on any atom is 0.231 e. The zero-order chi connectivity index (χ0) is 12.4. The Morgan fingerprint density at radius 1 is 1.28 bits per heavy atom. The monoisotopic (exact) mass is 264 g/mol. The van der Waals surface area contributed by atoms with E-state index >= 15 is 0 Å². The SMILES string of the molecule is NC1CCCCCC1c1nc(-c2cscn2)no1. The summed E-state index contributed by atoms with van der Waals surface area (Å²) in [5.41, 5.74) is 8.74. The standard InChI is InChI=1S/C12H16N4OS/c13-9-5-3-1-2-4-8(9)12-15-11(16-17-12)10-6-18-7-14-10/h6-9H,1-5,13H2. The number of nitrogens with zero attached hydrogens (tertiary/aromatic N) is 3. The molecule has 6 heteroatoms. The molecule has 2 aromatic rings. The van der Waals surface area contributed by atoms with Crippen LogP contribution in [-0.4, -0.2) is 21.2 Å². The number of nitrogens with two attached hydrogens (primary N) is 1. The highest BCUT2D eigenvalue weighted by Gasteiger charge is 2.27. The second kappa shape index (κ2) is 5.16. The summed E-state index contributed by atoms with van der Waals surface area (Å²) >= 11 is 1.53. The maximum atomic E-state index is 6.20. The van der Waals surface area contributed by atoms with Crippen molar-refractivity contribution in [3.05, 3.63) is 16.8 Å². The molecule has 1 fully saturated rings. The Bertz CT molecular complexity index is 496. The highest BCUT2D eigenvalue weighted by Crippen LogP contribution is 2.30. The third-order valence-corrected chi connectivity index (χ3v) is 4.08. The highest BCUT2D eigenvalue weighted by molar-refractivity contribution is 7.07. The normalized spacial score (nSPS) is 24.9. The smallest absolute Gasteiger partial charge is 0.231 e. The first-order valence-electron chi connectivity index (χ1n) is 6.32. The van der Waals surface area contributed by atoms with Gasteiger partial charge in [0.2, 0.25) is 11.7 Å². The van der Waals surface area contributed by atoms with Gasteiger partial charge in [-0.05, 0) is 12.8 Å². The Hall–Kier alpha value is -1.27. The molecule has 2 aromatic heterocycles. The molecule has 0 amide bonds. The highest BCUT2D eigenvalue weighted by atomic mass is 32.1. The van der Waals surface area contributed by atoms with Crippen LogP contribution in [0.5, 0.6) is 0 Å². The van der Waals surface area contributed by atoms with E-state index < -0.39 is 0 Å². The van der Waals surface area contributed by atoms with Gasteiger partial charge in [0.15, 0.2) is 0 Å². The third-order valence-electron chi connectivity index (χ3n) is 3.49. The zero-order valence-electron chi connectivity index (χ0n) is 10.1. The first-order valence-corrected chi connectivity index (χ1v) is 7.26. The molecule has 18 heavy (non-hydrogen) atoms. The van der Waals surface area contributed by atoms with Crippen molar-refractivity contribution in [2.75, 3.05) is 0 Å². The average molecular weight is 264 g/mol. The fourth-order valence-electron chi connectivity index (χ4n) is 2.46. The van der Waals surface area contributed by atoms with Crippen LogP contribution in [0.15, 0.2) is 15.4 Å². The van der Waals surface area contributed by atoms with Crippen molar-refractivity contribution in [3.63, 3.8) is 0 Å². The Labute approximate surface area is 109 Å². The fourth-order valence-corrected chi connectivity index (χ4v) is 2.99. The summed E-state index contributed by atoms with van der Waals surface area (Å²) in [5, 5.41) is 5.92. The van der Waals surface area contributed by atoms with Crippen LogP contribution in [0.4, 0.5) is 0 Å². The van der Waals surface area contributed by atoms with E-state index in [0.717, 1.165) is 18.5 Å². The first-order chi connectivity index (χ1) is 8.84. The number of aromatic nitrogens is 3. The van der Waals surface area contributed by atoms with Crippen LogP contribution < -0.4 is 5.73 Å². The molecule has 2 N–H and O–H groups in total. The molecule has 3 rings (SSSR count). The van der Waals surface area contributed by atoms with Crippen LogP contribution >= 0.6 is 11.3 Å². The van der Waals surface area contributed by atoms with Crippen LogP contribution in [0.3, 0.4) is 0 Å². The molecule has 0 aliphatic heterocycles. The van der Waals surface area contributed by atoms with Crippen LogP contribution in [0.1, 0.15) is 43.9 Å². The van der Waals surface area contributed by atoms with Gasteiger partial charge in [0, 0.05) is 11.4 Å². The fraction of sp³-hybridized carbons (Fsp3) is 0.583. The Morgan fingerprint density at radius 2 is 2.17 bits per heavy atom. The second-order valence-electron chi connectivity index (χ2n) is 4.74. The average Bonchev–Trinajstić information content (AvgIpc) is 3.00. The lowest BCUT2D eigenvalue weighted by atomic mass is 9.95. The summed E-state index contributed by atoms with van der Waals surface area (Å²) < 4.78 is 5.38. The predicted octanol–water partition coefficient (Wildman–Crippen LogP) is 2.57. The lowest BCUT2D eigenvalue weighted by Crippen LogP contribution is -2.27. The number of hydrogen-bond acceptors (Lipinski definition) is 6. The molecule has 1 aliphatic carbocycles. The van der Waals surface area contributed by atoms with E-state index in [0.29, 0.717) is 11.7 Å². The molecule has 0 radical (unpaired) electrons. The molecular formula is C12H16N4OS. The van der Waals surface area contributed by atoms with Gasteiger partial charge in [0.25, 0.3) is 0 Å².